The molecule has 4 rings (SSSR count). The van der Waals surface area contributed by atoms with E-state index in [1.165, 1.54) is 24.3 Å². The Hall–Kier alpha value is -4.24. The molecule has 0 spiro atoms. The number of amides is 1. The molecule has 1 amide bonds. The number of halogens is 2. The van der Waals surface area contributed by atoms with Gasteiger partial charge in [-0.05, 0) is 78.7 Å². The van der Waals surface area contributed by atoms with Crippen molar-refractivity contribution >= 4 is 21.6 Å². The number of hydrogen-bond acceptors (Lipinski definition) is 4. The standard InChI is InChI=1S/C29H26F2N2O4S/c1-21-2-12-26(13-3-21)33(38(35,36)28-16-10-25(31)11-17-28)19-29(34)32-18-22-6-14-27(15-7-22)37-20-23-4-8-24(30)9-5-23/h2-17H,18-20H2,1H3,(H,32,34). The first kappa shape index (κ1) is 26.8. The van der Waals surface area contributed by atoms with E-state index in [4.69, 9.17) is 4.74 Å². The number of aryl methyl sites for hydroxylation is 1. The fraction of sp³-hybridized carbons (Fsp3) is 0.138. The van der Waals surface area contributed by atoms with Gasteiger partial charge in [0.25, 0.3) is 10.0 Å². The van der Waals surface area contributed by atoms with Gasteiger partial charge in [0.05, 0.1) is 10.6 Å². The molecule has 0 heterocycles. The monoisotopic (exact) mass is 536 g/mol. The number of nitrogens with one attached hydrogen (secondary N) is 1. The number of carbonyl (C=O) groups excluding carboxylic acids is 1. The van der Waals surface area contributed by atoms with Crippen molar-refractivity contribution in [3.05, 3.63) is 125 Å². The Labute approximate surface area is 220 Å². The molecule has 9 heteroatoms. The van der Waals surface area contributed by atoms with E-state index in [9.17, 15) is 22.0 Å². The third-order valence-electron chi connectivity index (χ3n) is 5.74. The van der Waals surface area contributed by atoms with Crippen molar-refractivity contribution in [1.29, 1.82) is 0 Å². The van der Waals surface area contributed by atoms with Crippen molar-refractivity contribution in [2.45, 2.75) is 25.0 Å². The van der Waals surface area contributed by atoms with Crippen molar-refractivity contribution in [1.82, 2.24) is 5.32 Å². The van der Waals surface area contributed by atoms with E-state index >= 15 is 0 Å². The maximum atomic E-state index is 13.4. The normalized spacial score (nSPS) is 11.1. The molecule has 4 aromatic carbocycles. The van der Waals surface area contributed by atoms with Crippen LogP contribution in [-0.2, 0) is 28.0 Å². The van der Waals surface area contributed by atoms with Crippen LogP contribution in [0.25, 0.3) is 0 Å². The van der Waals surface area contributed by atoms with Gasteiger partial charge in [-0.2, -0.15) is 0 Å². The highest BCUT2D eigenvalue weighted by molar-refractivity contribution is 7.92. The van der Waals surface area contributed by atoms with Crippen LogP contribution in [0.3, 0.4) is 0 Å². The molecular formula is C29H26F2N2O4S. The zero-order valence-corrected chi connectivity index (χ0v) is 21.4. The van der Waals surface area contributed by atoms with E-state index in [1.54, 1.807) is 60.7 Å². The van der Waals surface area contributed by atoms with Crippen LogP contribution < -0.4 is 14.4 Å². The van der Waals surface area contributed by atoms with E-state index in [2.05, 4.69) is 5.32 Å². The second kappa shape index (κ2) is 11.9. The van der Waals surface area contributed by atoms with E-state index in [0.717, 1.165) is 33.1 Å². The largest absolute Gasteiger partial charge is 0.489 e. The summed E-state index contributed by atoms with van der Waals surface area (Å²) >= 11 is 0. The second-order valence-corrected chi connectivity index (χ2v) is 10.5. The fourth-order valence-corrected chi connectivity index (χ4v) is 5.02. The summed E-state index contributed by atoms with van der Waals surface area (Å²) in [6.07, 6.45) is 0. The Balaban J connectivity index is 1.40. The molecule has 0 aliphatic rings. The summed E-state index contributed by atoms with van der Waals surface area (Å²) in [6, 6.07) is 24.3. The number of nitrogens with zero attached hydrogens (tertiary/aromatic N) is 1. The van der Waals surface area contributed by atoms with Crippen LogP contribution in [0.1, 0.15) is 16.7 Å². The number of rotatable bonds is 10. The smallest absolute Gasteiger partial charge is 0.264 e. The first-order valence-electron chi connectivity index (χ1n) is 11.8. The lowest BCUT2D eigenvalue weighted by Crippen LogP contribution is -2.40. The molecule has 0 radical (unpaired) electrons. The lowest BCUT2D eigenvalue weighted by atomic mass is 10.2. The molecule has 0 saturated heterocycles. The van der Waals surface area contributed by atoms with Crippen molar-refractivity contribution in [2.24, 2.45) is 0 Å². The fourth-order valence-electron chi connectivity index (χ4n) is 3.60. The lowest BCUT2D eigenvalue weighted by molar-refractivity contribution is -0.119. The molecule has 0 aromatic heterocycles. The van der Waals surface area contributed by atoms with Gasteiger partial charge in [-0.25, -0.2) is 17.2 Å². The molecule has 4 aromatic rings. The Morgan fingerprint density at radius 3 is 1.95 bits per heavy atom. The first-order chi connectivity index (χ1) is 18.2. The molecule has 6 nitrogen and oxygen atoms in total. The summed E-state index contributed by atoms with van der Waals surface area (Å²) in [5.41, 5.74) is 2.87. The van der Waals surface area contributed by atoms with E-state index in [0.29, 0.717) is 11.4 Å². The molecule has 0 bridgehead atoms. The molecule has 38 heavy (non-hydrogen) atoms. The maximum absolute atomic E-state index is 13.4. The highest BCUT2D eigenvalue weighted by Gasteiger charge is 2.27. The quantitative estimate of drug-likeness (QED) is 0.296. The zero-order valence-electron chi connectivity index (χ0n) is 20.6. The number of ether oxygens (including phenoxy) is 1. The summed E-state index contributed by atoms with van der Waals surface area (Å²) in [5, 5.41) is 2.74. The van der Waals surface area contributed by atoms with Crippen LogP contribution in [-0.4, -0.2) is 20.9 Å². The number of anilines is 1. The van der Waals surface area contributed by atoms with Crippen molar-refractivity contribution < 1.29 is 26.7 Å². The third-order valence-corrected chi connectivity index (χ3v) is 7.53. The maximum Gasteiger partial charge on any atom is 0.264 e. The van der Waals surface area contributed by atoms with Crippen molar-refractivity contribution in [3.63, 3.8) is 0 Å². The van der Waals surface area contributed by atoms with Crippen molar-refractivity contribution in [3.8, 4) is 5.75 Å². The molecule has 0 saturated carbocycles. The van der Waals surface area contributed by atoms with E-state index in [1.807, 2.05) is 6.92 Å². The summed E-state index contributed by atoms with van der Waals surface area (Å²) in [4.78, 5) is 12.7. The third kappa shape index (κ3) is 6.95. The highest BCUT2D eigenvalue weighted by Crippen LogP contribution is 2.24. The minimum Gasteiger partial charge on any atom is -0.489 e. The Kier molecular flexibility index (Phi) is 8.38. The zero-order chi connectivity index (χ0) is 27.1. The minimum atomic E-state index is -4.13. The number of sulfonamides is 1. The van der Waals surface area contributed by atoms with Crippen LogP contribution in [0.15, 0.2) is 102 Å². The van der Waals surface area contributed by atoms with Crippen molar-refractivity contribution in [2.75, 3.05) is 10.8 Å². The Bertz CT molecular complexity index is 1470. The van der Waals surface area contributed by atoms with Gasteiger partial charge in [-0.1, -0.05) is 42.0 Å². The average molecular weight is 537 g/mol. The number of benzene rings is 4. The van der Waals surface area contributed by atoms with Gasteiger partial charge >= 0.3 is 0 Å². The van der Waals surface area contributed by atoms with E-state index < -0.39 is 28.3 Å². The minimum absolute atomic E-state index is 0.122. The predicted octanol–water partition coefficient (Wildman–Crippen LogP) is 5.36. The lowest BCUT2D eigenvalue weighted by Gasteiger charge is -2.24. The first-order valence-corrected chi connectivity index (χ1v) is 13.2. The van der Waals surface area contributed by atoms with Gasteiger partial charge in [0.2, 0.25) is 5.91 Å². The summed E-state index contributed by atoms with van der Waals surface area (Å²) < 4.78 is 59.8. The van der Waals surface area contributed by atoms with Crippen LogP contribution in [0.5, 0.6) is 5.75 Å². The topological polar surface area (TPSA) is 75.7 Å². The predicted molar refractivity (Wildman–Crippen MR) is 141 cm³/mol. The van der Waals surface area contributed by atoms with Gasteiger partial charge in [-0.3, -0.25) is 9.10 Å². The number of hydrogen-bond donors (Lipinski definition) is 1. The molecule has 0 atom stereocenters. The molecule has 0 aliphatic carbocycles. The SMILES string of the molecule is Cc1ccc(N(CC(=O)NCc2ccc(OCc3ccc(F)cc3)cc2)S(=O)(=O)c2ccc(F)cc2)cc1. The molecule has 0 aliphatic heterocycles. The highest BCUT2D eigenvalue weighted by atomic mass is 32.2. The summed E-state index contributed by atoms with van der Waals surface area (Å²) in [6.45, 7) is 1.87. The molecule has 0 unspecified atom stereocenters. The molecular weight excluding hydrogens is 510 g/mol. The summed E-state index contributed by atoms with van der Waals surface area (Å²) in [5.74, 6) is -0.765. The molecule has 1 N–H and O–H groups in total. The van der Waals surface area contributed by atoms with Gasteiger partial charge in [0.1, 0.15) is 30.5 Å². The van der Waals surface area contributed by atoms with Gasteiger partial charge in [0, 0.05) is 6.54 Å². The van der Waals surface area contributed by atoms with Gasteiger partial charge in [-0.15, -0.1) is 0 Å². The van der Waals surface area contributed by atoms with Crippen LogP contribution >= 0.6 is 0 Å². The number of carbonyl (C=O) groups is 1. The van der Waals surface area contributed by atoms with Crippen LogP contribution in [0.2, 0.25) is 0 Å². The van der Waals surface area contributed by atoms with Gasteiger partial charge in [0.15, 0.2) is 0 Å². The van der Waals surface area contributed by atoms with Crippen LogP contribution in [0.4, 0.5) is 14.5 Å². The van der Waals surface area contributed by atoms with Gasteiger partial charge < -0.3 is 10.1 Å². The average Bonchev–Trinajstić information content (AvgIpc) is 2.91. The van der Waals surface area contributed by atoms with Crippen LogP contribution in [0, 0.1) is 18.6 Å². The summed E-state index contributed by atoms with van der Waals surface area (Å²) in [7, 11) is -4.13. The Morgan fingerprint density at radius 1 is 0.789 bits per heavy atom. The molecule has 0 fully saturated rings. The Morgan fingerprint density at radius 2 is 1.34 bits per heavy atom. The second-order valence-electron chi connectivity index (χ2n) is 8.64. The molecule has 196 valence electrons. The van der Waals surface area contributed by atoms with E-state index in [-0.39, 0.29) is 23.9 Å².